The zero-order chi connectivity index (χ0) is 38.2. The Hall–Kier alpha value is -4.92. The van der Waals surface area contributed by atoms with Crippen molar-refractivity contribution in [3.05, 3.63) is 96.2 Å². The van der Waals surface area contributed by atoms with E-state index in [-0.39, 0.29) is 5.41 Å². The number of rotatable bonds is 12. The van der Waals surface area contributed by atoms with Crippen LogP contribution in [0.1, 0.15) is 31.9 Å². The van der Waals surface area contributed by atoms with Gasteiger partial charge in [0.15, 0.2) is 5.75 Å². The molecule has 4 aromatic carbocycles. The average Bonchev–Trinajstić information content (AvgIpc) is 3.15. The normalized spacial score (nSPS) is 14.1. The number of hydrogen-bond donors (Lipinski definition) is 2. The van der Waals surface area contributed by atoms with E-state index in [1.54, 1.807) is 24.6 Å². The number of hydrogen-bond acceptors (Lipinski definition) is 9. The van der Waals surface area contributed by atoms with Gasteiger partial charge in [0.1, 0.15) is 0 Å². The Morgan fingerprint density at radius 1 is 0.981 bits per heavy atom. The van der Waals surface area contributed by atoms with Gasteiger partial charge in [-0.15, -0.1) is 0 Å². The molecule has 1 aliphatic heterocycles. The fourth-order valence-corrected chi connectivity index (χ4v) is 8.79. The number of fused-ring (bicyclic) bond motifs is 1. The minimum atomic E-state index is -1.34. The van der Waals surface area contributed by atoms with Gasteiger partial charge in [-0.1, -0.05) is 20.8 Å². The summed E-state index contributed by atoms with van der Waals surface area (Å²) in [5.41, 5.74) is 2.23. The quantitative estimate of drug-likeness (QED) is 0.147. The van der Waals surface area contributed by atoms with Crippen molar-refractivity contribution in [2.75, 3.05) is 63.5 Å². The number of amides is 2. The van der Waals surface area contributed by atoms with Crippen LogP contribution in [0.15, 0.2) is 90.0 Å². The zero-order valence-electron chi connectivity index (χ0n) is 31.0. The van der Waals surface area contributed by atoms with E-state index in [2.05, 4.69) is 47.4 Å². The van der Waals surface area contributed by atoms with Crippen molar-refractivity contribution in [2.24, 2.45) is 0 Å². The van der Waals surface area contributed by atoms with Crippen LogP contribution in [0, 0.1) is 11.3 Å². The molecule has 11 nitrogen and oxygen atoms in total. The molecule has 6 rings (SSSR count). The molecule has 0 saturated carbocycles. The van der Waals surface area contributed by atoms with Gasteiger partial charge in [0.05, 0.1) is 22.8 Å². The molecule has 1 fully saturated rings. The topological polar surface area (TPSA) is 135 Å². The minimum absolute atomic E-state index is 0.249. The summed E-state index contributed by atoms with van der Waals surface area (Å²) in [5, 5.41) is 17.2. The van der Waals surface area contributed by atoms with E-state index in [1.807, 2.05) is 66.7 Å². The molecule has 2 N–H and O–H groups in total. The summed E-state index contributed by atoms with van der Waals surface area (Å²) in [4.78, 5) is 20.9. The molecule has 0 bridgehead atoms. The Morgan fingerprint density at radius 2 is 1.74 bits per heavy atom. The van der Waals surface area contributed by atoms with Crippen molar-refractivity contribution in [1.29, 1.82) is 5.26 Å². The van der Waals surface area contributed by atoms with E-state index in [0.29, 0.717) is 51.4 Å². The first-order valence-corrected chi connectivity index (χ1v) is 20.9. The summed E-state index contributed by atoms with van der Waals surface area (Å²) in [5.74, 6) is 2.26. The molecule has 1 saturated heterocycles. The van der Waals surface area contributed by atoms with E-state index in [4.69, 9.17) is 18.9 Å². The second-order valence-electron chi connectivity index (χ2n) is 13.7. The zero-order valence-corrected chi connectivity index (χ0v) is 33.7. The minimum Gasteiger partial charge on any atom is -0.255 e. The van der Waals surface area contributed by atoms with Crippen molar-refractivity contribution < 1.29 is 28.0 Å². The Morgan fingerprint density at radius 3 is 2.46 bits per heavy atom. The number of carbonyl (C=O) groups is 1. The van der Waals surface area contributed by atoms with Gasteiger partial charge in [0, 0.05) is 6.26 Å². The molecule has 1 atom stereocenters. The van der Waals surface area contributed by atoms with E-state index >= 15 is 0 Å². The third-order valence-corrected chi connectivity index (χ3v) is 11.8. The maximum absolute atomic E-state index is 13.5. The maximum Gasteiger partial charge on any atom is 0.0829 e. The van der Waals surface area contributed by atoms with Crippen LogP contribution in [0.2, 0.25) is 0 Å². The Balaban J connectivity index is 1.17. The number of carbonyl (C=O) groups excluding carboxylic acids is 1. The molecular weight excluding hydrogens is 765 g/mol. The molecule has 2 amide bonds. The predicted molar refractivity (Wildman–Crippen MR) is 214 cm³/mol. The second-order valence-corrected chi connectivity index (χ2v) is 17.6. The van der Waals surface area contributed by atoms with Crippen LogP contribution in [0.3, 0.4) is 0 Å². The SMILES string of the molecule is COc1c(NC(=O)Nc2ccc(Oc3ccnc([As]c4cc(C#N)cc(OCCN5CCOCC5)c4)c3)c3ccccc23)cc(C(C)(C)C)cc1S(C)=O. The summed E-state index contributed by atoms with van der Waals surface area (Å²) in [6.07, 6.45) is 3.31. The Bertz CT molecular complexity index is 2210. The number of morpholine rings is 1. The second kappa shape index (κ2) is 17.5. The summed E-state index contributed by atoms with van der Waals surface area (Å²) in [6.45, 7) is 10.8. The molecule has 1 radical (unpaired) electrons. The van der Waals surface area contributed by atoms with Gasteiger partial charge in [-0.25, -0.2) is 0 Å². The van der Waals surface area contributed by atoms with E-state index < -0.39 is 32.6 Å². The number of methoxy groups -OCH3 is 1. The molecule has 5 aromatic rings. The van der Waals surface area contributed by atoms with Crippen LogP contribution in [-0.2, 0) is 21.0 Å². The molecular formula is C41H43AsN5O6S. The largest absolute Gasteiger partial charge is 0.255 e. The fraction of sp³-hybridized carbons (Fsp3) is 0.293. The number of anilines is 2. The van der Waals surface area contributed by atoms with Gasteiger partial charge in [-0.2, -0.15) is 0 Å². The maximum atomic E-state index is 13.5. The number of nitrogens with one attached hydrogen (secondary N) is 2. The van der Waals surface area contributed by atoms with Crippen molar-refractivity contribution in [3.8, 4) is 29.1 Å². The number of benzene rings is 4. The molecule has 1 unspecified atom stereocenters. The smallest absolute Gasteiger partial charge is 0.0829 e. The van der Waals surface area contributed by atoms with E-state index in [0.717, 1.165) is 58.0 Å². The molecule has 1 aliphatic rings. The first-order valence-electron chi connectivity index (χ1n) is 17.5. The molecule has 0 aliphatic carbocycles. The van der Waals surface area contributed by atoms with Crippen LogP contribution in [0.4, 0.5) is 16.2 Å². The predicted octanol–water partition coefficient (Wildman–Crippen LogP) is 5.95. The number of aromatic nitrogens is 1. The van der Waals surface area contributed by atoms with Crippen molar-refractivity contribution in [2.45, 2.75) is 31.1 Å². The van der Waals surface area contributed by atoms with Gasteiger partial charge in [-0.05, 0) is 23.1 Å². The van der Waals surface area contributed by atoms with Gasteiger partial charge in [-0.3, -0.25) is 4.21 Å². The number of urea groups is 1. The monoisotopic (exact) mass is 808 g/mol. The first-order chi connectivity index (χ1) is 26.0. The van der Waals surface area contributed by atoms with Crippen LogP contribution in [-0.4, -0.2) is 88.7 Å². The molecule has 13 heteroatoms. The first kappa shape index (κ1) is 38.8. The van der Waals surface area contributed by atoms with Crippen LogP contribution < -0.4 is 33.7 Å². The van der Waals surface area contributed by atoms with Crippen LogP contribution >= 0.6 is 0 Å². The molecule has 1 aromatic heterocycles. The fourth-order valence-electron chi connectivity index (χ4n) is 5.99. The summed E-state index contributed by atoms with van der Waals surface area (Å²) >= 11 is -0.572. The summed E-state index contributed by atoms with van der Waals surface area (Å²) < 4.78 is 38.0. The third-order valence-electron chi connectivity index (χ3n) is 8.80. The van der Waals surface area contributed by atoms with Crippen molar-refractivity contribution in [1.82, 2.24) is 9.88 Å². The van der Waals surface area contributed by atoms with Gasteiger partial charge < -0.3 is 4.74 Å². The van der Waals surface area contributed by atoms with Gasteiger partial charge in [0.25, 0.3) is 0 Å². The molecule has 2 heterocycles. The number of ether oxygens (including phenoxy) is 4. The van der Waals surface area contributed by atoms with E-state index in [9.17, 15) is 14.3 Å². The van der Waals surface area contributed by atoms with Crippen molar-refractivity contribution in [3.63, 3.8) is 0 Å². The van der Waals surface area contributed by atoms with E-state index in [1.165, 1.54) is 7.11 Å². The van der Waals surface area contributed by atoms with Gasteiger partial charge >= 0.3 is 239 Å². The Kier molecular flexibility index (Phi) is 12.6. The van der Waals surface area contributed by atoms with Crippen molar-refractivity contribution >= 4 is 63.6 Å². The number of nitriles is 1. The standard InChI is InChI=1S/C41H43AsN5O6S/c1-41(2,3)28-22-35(39(50-4)37(23-28)54(5)49)46-40(48)45-34-10-11-36(33-9-7-6-8-32(33)34)53-30-12-13-44-38(25-30)42-29-20-27(26-43)21-31(24-29)52-19-16-47-14-17-51-18-15-47/h6-13,20-25H,14-19H2,1-5H3,(H2,45,46,48). The summed E-state index contributed by atoms with van der Waals surface area (Å²) in [7, 11) is 0.160. The molecule has 279 valence electrons. The average molecular weight is 809 g/mol. The van der Waals surface area contributed by atoms with Crippen LogP contribution in [0.25, 0.3) is 10.8 Å². The Labute approximate surface area is 325 Å². The third kappa shape index (κ3) is 9.78. The molecule has 54 heavy (non-hydrogen) atoms. The number of nitrogens with zero attached hydrogens (tertiary/aromatic N) is 3. The van der Waals surface area contributed by atoms with Gasteiger partial charge in [0.2, 0.25) is 0 Å². The summed E-state index contributed by atoms with van der Waals surface area (Å²) in [6, 6.07) is 26.2. The number of pyridine rings is 1. The van der Waals surface area contributed by atoms with Crippen LogP contribution in [0.5, 0.6) is 23.0 Å². The molecule has 0 spiro atoms.